The maximum atomic E-state index is 5.69. The Morgan fingerprint density at radius 2 is 1.88 bits per heavy atom. The zero-order valence-corrected chi connectivity index (χ0v) is 14.8. The van der Waals surface area contributed by atoms with E-state index in [0.29, 0.717) is 0 Å². The number of aromatic nitrogens is 1. The molecule has 120 valence electrons. The molecule has 2 aromatic heterocycles. The Bertz CT molecular complexity index is 845. The van der Waals surface area contributed by atoms with Crippen molar-refractivity contribution in [3.05, 3.63) is 82.3 Å². The number of benzene rings is 1. The highest BCUT2D eigenvalue weighted by Crippen LogP contribution is 2.44. The maximum Gasteiger partial charge on any atom is 0.174 e. The van der Waals surface area contributed by atoms with Crippen LogP contribution in [0.4, 0.5) is 5.69 Å². The molecule has 0 aliphatic carbocycles. The number of nitrogens with one attached hydrogen (secondary N) is 1. The highest BCUT2D eigenvalue weighted by atomic mass is 32.1. The van der Waals surface area contributed by atoms with Crippen molar-refractivity contribution in [1.29, 1.82) is 0 Å². The summed E-state index contributed by atoms with van der Waals surface area (Å²) in [4.78, 5) is 8.11. The highest BCUT2D eigenvalue weighted by molar-refractivity contribution is 7.80. The van der Waals surface area contributed by atoms with E-state index >= 15 is 0 Å². The van der Waals surface area contributed by atoms with Gasteiger partial charge in [-0.3, -0.25) is 4.98 Å². The fraction of sp³-hybridized carbons (Fsp3) is 0.158. The Hall–Kier alpha value is -2.24. The van der Waals surface area contributed by atoms with Gasteiger partial charge in [-0.25, -0.2) is 0 Å². The summed E-state index contributed by atoms with van der Waals surface area (Å²) in [5.74, 6) is 0. The number of thiocarbonyl (C=S) groups is 1. The number of hydrogen-bond donors (Lipinski definition) is 1. The predicted octanol–water partition coefficient (Wildman–Crippen LogP) is 4.63. The van der Waals surface area contributed by atoms with Crippen LogP contribution in [0, 0.1) is 6.92 Å². The first-order valence-corrected chi connectivity index (χ1v) is 9.14. The number of pyridine rings is 1. The molecule has 3 aromatic rings. The normalized spacial score (nSPS) is 20.2. The quantitative estimate of drug-likeness (QED) is 0.697. The van der Waals surface area contributed by atoms with E-state index in [0.717, 1.165) is 16.5 Å². The van der Waals surface area contributed by atoms with Crippen molar-refractivity contribution in [2.45, 2.75) is 19.0 Å². The topological polar surface area (TPSA) is 28.2 Å². The number of thiophene rings is 1. The van der Waals surface area contributed by atoms with Crippen molar-refractivity contribution < 1.29 is 0 Å². The molecule has 0 saturated carbocycles. The van der Waals surface area contributed by atoms with E-state index < -0.39 is 0 Å². The van der Waals surface area contributed by atoms with Crippen molar-refractivity contribution in [3.8, 4) is 0 Å². The van der Waals surface area contributed by atoms with Gasteiger partial charge in [0.15, 0.2) is 5.11 Å². The molecule has 0 radical (unpaired) electrons. The third kappa shape index (κ3) is 2.60. The minimum absolute atomic E-state index is 0.0382. The third-order valence-corrected chi connectivity index (χ3v) is 5.71. The average Bonchev–Trinajstić information content (AvgIpc) is 3.19. The maximum absolute atomic E-state index is 5.69. The van der Waals surface area contributed by atoms with Gasteiger partial charge in [0, 0.05) is 16.8 Å². The Labute approximate surface area is 151 Å². The molecule has 0 bridgehead atoms. The highest BCUT2D eigenvalue weighted by Gasteiger charge is 2.41. The van der Waals surface area contributed by atoms with Crippen LogP contribution in [0.5, 0.6) is 0 Å². The molecular weight excluding hydrogens is 334 g/mol. The van der Waals surface area contributed by atoms with Crippen molar-refractivity contribution in [2.24, 2.45) is 0 Å². The molecule has 1 aliphatic rings. The summed E-state index contributed by atoms with van der Waals surface area (Å²) in [5, 5.41) is 6.37. The van der Waals surface area contributed by atoms with Gasteiger partial charge in [0.2, 0.25) is 0 Å². The second-order valence-corrected chi connectivity index (χ2v) is 7.13. The Kier molecular flexibility index (Phi) is 4.04. The van der Waals surface area contributed by atoms with E-state index in [1.807, 2.05) is 36.5 Å². The zero-order chi connectivity index (χ0) is 16.5. The summed E-state index contributed by atoms with van der Waals surface area (Å²) in [6, 6.07) is 18.7. The van der Waals surface area contributed by atoms with E-state index in [4.69, 9.17) is 12.2 Å². The summed E-state index contributed by atoms with van der Waals surface area (Å²) in [6.07, 6.45) is 1.84. The van der Waals surface area contributed by atoms with Crippen LogP contribution in [0.25, 0.3) is 0 Å². The molecule has 24 heavy (non-hydrogen) atoms. The average molecular weight is 352 g/mol. The molecule has 4 rings (SSSR count). The first-order chi connectivity index (χ1) is 11.8. The van der Waals surface area contributed by atoms with Crippen molar-refractivity contribution in [2.75, 3.05) is 4.90 Å². The second-order valence-electron chi connectivity index (χ2n) is 5.80. The molecule has 3 nitrogen and oxygen atoms in total. The minimum Gasteiger partial charge on any atom is -0.351 e. The van der Waals surface area contributed by atoms with E-state index in [-0.39, 0.29) is 12.1 Å². The minimum atomic E-state index is 0.0382. The van der Waals surface area contributed by atoms with Crippen LogP contribution in [0.15, 0.2) is 66.2 Å². The number of anilines is 1. The molecule has 5 heteroatoms. The van der Waals surface area contributed by atoms with Gasteiger partial charge >= 0.3 is 0 Å². The van der Waals surface area contributed by atoms with Gasteiger partial charge in [-0.2, -0.15) is 0 Å². The van der Waals surface area contributed by atoms with Crippen LogP contribution in [0.2, 0.25) is 0 Å². The SMILES string of the molecule is Cc1ccsc1[C@@H]1[C@@H](c2ccccn2)NC(=S)N1c1ccccc1. The van der Waals surface area contributed by atoms with Gasteiger partial charge in [0.25, 0.3) is 0 Å². The Morgan fingerprint density at radius 1 is 1.08 bits per heavy atom. The van der Waals surface area contributed by atoms with Crippen molar-refractivity contribution >= 4 is 34.4 Å². The van der Waals surface area contributed by atoms with Gasteiger partial charge in [-0.15, -0.1) is 11.3 Å². The van der Waals surface area contributed by atoms with Crippen LogP contribution in [-0.2, 0) is 0 Å². The summed E-state index contributed by atoms with van der Waals surface area (Å²) < 4.78 is 0. The summed E-state index contributed by atoms with van der Waals surface area (Å²) in [5.41, 5.74) is 3.40. The molecule has 1 fully saturated rings. The second kappa shape index (κ2) is 6.34. The van der Waals surface area contributed by atoms with Crippen molar-refractivity contribution in [3.63, 3.8) is 0 Å². The lowest BCUT2D eigenvalue weighted by Gasteiger charge is -2.27. The van der Waals surface area contributed by atoms with E-state index in [1.165, 1.54) is 10.4 Å². The molecule has 1 aliphatic heterocycles. The molecule has 1 aromatic carbocycles. The van der Waals surface area contributed by atoms with Crippen LogP contribution >= 0.6 is 23.6 Å². The van der Waals surface area contributed by atoms with Gasteiger partial charge in [-0.05, 0) is 60.4 Å². The monoisotopic (exact) mass is 351 g/mol. The molecule has 1 N–H and O–H groups in total. The molecule has 0 amide bonds. The standard InChI is InChI=1S/C19H17N3S2/c1-13-10-12-24-18(13)17-16(15-9-5-6-11-20-15)21-19(23)22(17)14-7-3-2-4-8-14/h2-12,16-17H,1H3,(H,21,23)/t16-,17+/m1/s1. The van der Waals surface area contributed by atoms with E-state index in [2.05, 4.69) is 51.8 Å². The number of nitrogens with zero attached hydrogens (tertiary/aromatic N) is 2. The smallest absolute Gasteiger partial charge is 0.174 e. The van der Waals surface area contributed by atoms with Crippen LogP contribution in [0.1, 0.15) is 28.2 Å². The van der Waals surface area contributed by atoms with Crippen LogP contribution in [0.3, 0.4) is 0 Å². The van der Waals surface area contributed by atoms with Gasteiger partial charge < -0.3 is 10.2 Å². The fourth-order valence-electron chi connectivity index (χ4n) is 3.18. The largest absolute Gasteiger partial charge is 0.351 e. The fourth-order valence-corrected chi connectivity index (χ4v) is 4.57. The summed E-state index contributed by atoms with van der Waals surface area (Å²) in [7, 11) is 0. The Balaban J connectivity index is 1.84. The van der Waals surface area contributed by atoms with E-state index in [1.54, 1.807) is 11.3 Å². The third-order valence-electron chi connectivity index (χ3n) is 4.30. The number of rotatable bonds is 3. The Morgan fingerprint density at radius 3 is 2.54 bits per heavy atom. The summed E-state index contributed by atoms with van der Waals surface area (Å²) >= 11 is 7.46. The first-order valence-electron chi connectivity index (χ1n) is 7.85. The lowest BCUT2D eigenvalue weighted by Crippen LogP contribution is -2.29. The van der Waals surface area contributed by atoms with Gasteiger partial charge in [-0.1, -0.05) is 24.3 Å². The van der Waals surface area contributed by atoms with Crippen LogP contribution in [-0.4, -0.2) is 10.1 Å². The molecule has 1 saturated heterocycles. The van der Waals surface area contributed by atoms with E-state index in [9.17, 15) is 0 Å². The molecule has 2 atom stereocenters. The lowest BCUT2D eigenvalue weighted by atomic mass is 10.0. The lowest BCUT2D eigenvalue weighted by molar-refractivity contribution is 0.573. The predicted molar refractivity (Wildman–Crippen MR) is 103 cm³/mol. The zero-order valence-electron chi connectivity index (χ0n) is 13.2. The number of aryl methyl sites for hydroxylation is 1. The molecule has 0 spiro atoms. The number of para-hydroxylation sites is 1. The van der Waals surface area contributed by atoms with Gasteiger partial charge in [0.05, 0.1) is 17.8 Å². The van der Waals surface area contributed by atoms with Gasteiger partial charge in [0.1, 0.15) is 0 Å². The summed E-state index contributed by atoms with van der Waals surface area (Å²) in [6.45, 7) is 2.16. The van der Waals surface area contributed by atoms with Crippen LogP contribution < -0.4 is 10.2 Å². The number of hydrogen-bond acceptors (Lipinski definition) is 3. The molecule has 3 heterocycles. The van der Waals surface area contributed by atoms with Crippen molar-refractivity contribution in [1.82, 2.24) is 10.3 Å². The molecule has 0 unspecified atom stereocenters. The molecular formula is C19H17N3S2. The first kappa shape index (κ1) is 15.3.